The van der Waals surface area contributed by atoms with Gasteiger partial charge in [-0.2, -0.15) is 8.78 Å². The van der Waals surface area contributed by atoms with E-state index in [4.69, 9.17) is 0 Å². The molecular weight excluding hydrogens is 420 g/mol. The van der Waals surface area contributed by atoms with Crippen molar-refractivity contribution >= 4 is 23.5 Å². The zero-order valence-electron chi connectivity index (χ0n) is 18.2. The van der Waals surface area contributed by atoms with E-state index < -0.39 is 30.6 Å². The number of hydrogen-bond acceptors (Lipinski definition) is 4. The number of carbonyl (C=O) groups excluding carboxylic acids is 3. The number of nitrogens with one attached hydrogen (secondary N) is 2. The molecule has 1 aromatic rings. The first kappa shape index (κ1) is 23.9. The van der Waals surface area contributed by atoms with Gasteiger partial charge in [-0.15, -0.1) is 0 Å². The monoisotopic (exact) mass is 451 g/mol. The van der Waals surface area contributed by atoms with Gasteiger partial charge in [0.2, 0.25) is 5.91 Å². The molecule has 2 N–H and O–H groups in total. The van der Waals surface area contributed by atoms with Crippen molar-refractivity contribution in [3.8, 4) is 5.75 Å². The number of amides is 4. The number of anilines is 1. The van der Waals surface area contributed by atoms with Gasteiger partial charge in [0, 0.05) is 0 Å². The molecule has 0 radical (unpaired) electrons. The SMILES string of the molecule is O=C(CN1C(=O)NC2(CCCCCCCCCCC2)C1=O)Nc1ccccc1OC(F)F. The standard InChI is InChI=1S/C23H31F2N3O4/c24-21(25)32-18-13-9-8-12-17(18)26-19(29)16-28-20(30)23(27-22(28)31)14-10-6-4-2-1-3-5-7-11-15-23/h8-9,12-13,21H,1-7,10-11,14-16H2,(H,26,29)(H,27,31). The number of carbonyl (C=O) groups is 3. The molecule has 1 aromatic carbocycles. The highest BCUT2D eigenvalue weighted by Crippen LogP contribution is 2.31. The summed E-state index contributed by atoms with van der Waals surface area (Å²) in [4.78, 5) is 39.3. The van der Waals surface area contributed by atoms with Crippen LogP contribution in [0.5, 0.6) is 5.75 Å². The number of nitrogens with zero attached hydrogens (tertiary/aromatic N) is 1. The van der Waals surface area contributed by atoms with E-state index in [0.29, 0.717) is 12.8 Å². The Morgan fingerprint density at radius 1 is 1.00 bits per heavy atom. The molecule has 1 heterocycles. The minimum atomic E-state index is -3.04. The minimum absolute atomic E-state index is 0.0468. The van der Waals surface area contributed by atoms with Gasteiger partial charge < -0.3 is 15.4 Å². The Hall–Kier alpha value is -2.71. The second-order valence-electron chi connectivity index (χ2n) is 8.51. The Bertz CT molecular complexity index is 806. The van der Waals surface area contributed by atoms with Crippen LogP contribution in [-0.4, -0.2) is 41.4 Å². The lowest BCUT2D eigenvalue weighted by molar-refractivity contribution is -0.134. The second-order valence-corrected chi connectivity index (χ2v) is 8.51. The molecule has 2 aliphatic rings. The van der Waals surface area contributed by atoms with Gasteiger partial charge in [0.15, 0.2) is 0 Å². The summed E-state index contributed by atoms with van der Waals surface area (Å²) >= 11 is 0. The van der Waals surface area contributed by atoms with Crippen LogP contribution in [0.3, 0.4) is 0 Å². The van der Waals surface area contributed by atoms with Gasteiger partial charge in [-0.25, -0.2) is 4.79 Å². The van der Waals surface area contributed by atoms with Crippen LogP contribution in [-0.2, 0) is 9.59 Å². The van der Waals surface area contributed by atoms with Crippen molar-refractivity contribution in [3.05, 3.63) is 24.3 Å². The topological polar surface area (TPSA) is 87.7 Å². The van der Waals surface area contributed by atoms with Gasteiger partial charge in [0.05, 0.1) is 5.69 Å². The molecule has 1 aliphatic carbocycles. The Balaban J connectivity index is 1.66. The minimum Gasteiger partial charge on any atom is -0.433 e. The molecule has 176 valence electrons. The molecule has 3 rings (SSSR count). The Labute approximate surface area is 186 Å². The zero-order valence-corrected chi connectivity index (χ0v) is 18.2. The van der Waals surface area contributed by atoms with Crippen molar-refractivity contribution in [1.29, 1.82) is 0 Å². The lowest BCUT2D eigenvalue weighted by atomic mass is 9.85. The smallest absolute Gasteiger partial charge is 0.387 e. The molecule has 9 heteroatoms. The van der Waals surface area contributed by atoms with E-state index in [2.05, 4.69) is 15.4 Å². The van der Waals surface area contributed by atoms with Gasteiger partial charge >= 0.3 is 12.6 Å². The number of alkyl halides is 2. The molecule has 32 heavy (non-hydrogen) atoms. The second kappa shape index (κ2) is 11.2. The van der Waals surface area contributed by atoms with E-state index in [1.807, 2.05) is 0 Å². The van der Waals surface area contributed by atoms with Crippen LogP contribution in [0.1, 0.15) is 70.6 Å². The van der Waals surface area contributed by atoms with Crippen LogP contribution in [0, 0.1) is 0 Å². The molecule has 1 saturated carbocycles. The summed E-state index contributed by atoms with van der Waals surface area (Å²) in [5.41, 5.74) is -0.918. The van der Waals surface area contributed by atoms with Crippen molar-refractivity contribution in [2.24, 2.45) is 0 Å². The normalized spacial score (nSPS) is 19.9. The number of rotatable bonds is 5. The quantitative estimate of drug-likeness (QED) is 0.628. The van der Waals surface area contributed by atoms with E-state index in [1.54, 1.807) is 6.07 Å². The first-order chi connectivity index (χ1) is 15.4. The highest BCUT2D eigenvalue weighted by molar-refractivity contribution is 6.10. The van der Waals surface area contributed by atoms with Crippen LogP contribution >= 0.6 is 0 Å². The number of hydrogen-bond donors (Lipinski definition) is 2. The van der Waals surface area contributed by atoms with Gasteiger partial charge in [-0.1, -0.05) is 69.9 Å². The van der Waals surface area contributed by atoms with E-state index in [1.165, 1.54) is 37.5 Å². The maximum Gasteiger partial charge on any atom is 0.387 e. The van der Waals surface area contributed by atoms with Gasteiger partial charge in [-0.05, 0) is 25.0 Å². The van der Waals surface area contributed by atoms with E-state index in [9.17, 15) is 23.2 Å². The predicted octanol–water partition coefficient (Wildman–Crippen LogP) is 4.82. The number of para-hydroxylation sites is 2. The summed E-state index contributed by atoms with van der Waals surface area (Å²) in [6.07, 6.45) is 10.7. The molecule has 1 aliphatic heterocycles. The summed E-state index contributed by atoms with van der Waals surface area (Å²) in [5, 5.41) is 5.32. The van der Waals surface area contributed by atoms with Crippen LogP contribution in [0.2, 0.25) is 0 Å². The summed E-state index contributed by atoms with van der Waals surface area (Å²) in [6.45, 7) is -3.53. The highest BCUT2D eigenvalue weighted by Gasteiger charge is 2.50. The number of urea groups is 1. The van der Waals surface area contributed by atoms with Crippen LogP contribution in [0.15, 0.2) is 24.3 Å². The lowest BCUT2D eigenvalue weighted by Gasteiger charge is -2.27. The number of ether oxygens (including phenoxy) is 1. The number of benzene rings is 1. The van der Waals surface area contributed by atoms with E-state index in [-0.39, 0.29) is 17.3 Å². The van der Waals surface area contributed by atoms with Crippen LogP contribution in [0.4, 0.5) is 19.3 Å². The molecule has 0 bridgehead atoms. The van der Waals surface area contributed by atoms with Crippen molar-refractivity contribution in [2.45, 2.75) is 82.8 Å². The molecule has 7 nitrogen and oxygen atoms in total. The first-order valence-electron chi connectivity index (χ1n) is 11.4. The molecular formula is C23H31F2N3O4. The summed E-state index contributed by atoms with van der Waals surface area (Å²) < 4.78 is 29.6. The number of halogens is 2. The average molecular weight is 452 g/mol. The van der Waals surface area contributed by atoms with Crippen molar-refractivity contribution in [3.63, 3.8) is 0 Å². The molecule has 1 spiro atoms. The lowest BCUT2D eigenvalue weighted by Crippen LogP contribution is -2.47. The van der Waals surface area contributed by atoms with E-state index in [0.717, 1.165) is 43.4 Å². The fourth-order valence-electron chi connectivity index (χ4n) is 4.48. The summed E-state index contributed by atoms with van der Waals surface area (Å²) in [6, 6.07) is 5.18. The largest absolute Gasteiger partial charge is 0.433 e. The Morgan fingerprint density at radius 2 is 1.56 bits per heavy atom. The molecule has 0 atom stereocenters. The number of imide groups is 1. The Kier molecular flexibility index (Phi) is 8.41. The fourth-order valence-corrected chi connectivity index (χ4v) is 4.48. The van der Waals surface area contributed by atoms with Crippen molar-refractivity contribution in [2.75, 3.05) is 11.9 Å². The van der Waals surface area contributed by atoms with Crippen molar-refractivity contribution < 1.29 is 27.9 Å². The fraction of sp³-hybridized carbons (Fsp3) is 0.609. The average Bonchev–Trinajstić information content (AvgIpc) is 2.96. The zero-order chi connectivity index (χ0) is 23.0. The Morgan fingerprint density at radius 3 is 2.16 bits per heavy atom. The molecule has 0 aromatic heterocycles. The van der Waals surface area contributed by atoms with Crippen LogP contribution < -0.4 is 15.4 Å². The van der Waals surface area contributed by atoms with Crippen LogP contribution in [0.25, 0.3) is 0 Å². The molecule has 0 unspecified atom stereocenters. The first-order valence-corrected chi connectivity index (χ1v) is 11.4. The van der Waals surface area contributed by atoms with Gasteiger partial charge in [0.25, 0.3) is 5.91 Å². The molecule has 1 saturated heterocycles. The third-order valence-electron chi connectivity index (χ3n) is 6.13. The predicted molar refractivity (Wildman–Crippen MR) is 115 cm³/mol. The summed E-state index contributed by atoms with van der Waals surface area (Å²) in [5.74, 6) is -1.24. The molecule has 2 fully saturated rings. The molecule has 4 amide bonds. The maximum absolute atomic E-state index is 13.2. The van der Waals surface area contributed by atoms with Gasteiger partial charge in [-0.3, -0.25) is 14.5 Å². The summed E-state index contributed by atoms with van der Waals surface area (Å²) in [7, 11) is 0. The maximum atomic E-state index is 13.2. The van der Waals surface area contributed by atoms with Gasteiger partial charge in [0.1, 0.15) is 17.8 Å². The van der Waals surface area contributed by atoms with E-state index >= 15 is 0 Å². The highest BCUT2D eigenvalue weighted by atomic mass is 19.3. The van der Waals surface area contributed by atoms with Crippen molar-refractivity contribution in [1.82, 2.24) is 10.2 Å². The third-order valence-corrected chi connectivity index (χ3v) is 6.13. The third kappa shape index (κ3) is 6.17.